The summed E-state index contributed by atoms with van der Waals surface area (Å²) in [5.74, 6) is 0.820. The molecule has 11 heteroatoms. The van der Waals surface area contributed by atoms with E-state index in [2.05, 4.69) is 10.2 Å². The van der Waals surface area contributed by atoms with Gasteiger partial charge in [-0.15, -0.1) is 5.10 Å². The summed E-state index contributed by atoms with van der Waals surface area (Å²) in [6.07, 6.45) is 0. The maximum absolute atomic E-state index is 12.4. The molecule has 1 heterocycles. The highest BCUT2D eigenvalue weighted by atomic mass is 32.2. The second-order valence-electron chi connectivity index (χ2n) is 5.41. The van der Waals surface area contributed by atoms with Crippen molar-refractivity contribution < 1.29 is 26.3 Å². The van der Waals surface area contributed by atoms with Gasteiger partial charge in [-0.25, -0.2) is 0 Å². The number of alkyl halides is 3. The standard InChI is InChI=1S/C16H13F3N4O3S/c1-23-14(11-5-3-2-4-6-11)20-21-15(23)26-13-9-7-12(8-10-13)22-27(24,25)16(17,18)19/h2-10,22H,1H3. The summed E-state index contributed by atoms with van der Waals surface area (Å²) in [6.45, 7) is 0. The van der Waals surface area contributed by atoms with Crippen molar-refractivity contribution >= 4 is 15.7 Å². The quantitative estimate of drug-likeness (QED) is 0.711. The Hall–Kier alpha value is -3.08. The summed E-state index contributed by atoms with van der Waals surface area (Å²) >= 11 is 0. The van der Waals surface area contributed by atoms with Crippen LogP contribution in [-0.4, -0.2) is 28.7 Å². The molecule has 0 amide bonds. The first-order valence-electron chi connectivity index (χ1n) is 7.49. The van der Waals surface area contributed by atoms with Gasteiger partial charge in [-0.05, 0) is 24.3 Å². The van der Waals surface area contributed by atoms with Gasteiger partial charge in [0, 0.05) is 18.3 Å². The number of sulfonamides is 1. The lowest BCUT2D eigenvalue weighted by Crippen LogP contribution is -2.29. The van der Waals surface area contributed by atoms with Crippen LogP contribution in [0.5, 0.6) is 11.8 Å². The van der Waals surface area contributed by atoms with Crippen LogP contribution in [-0.2, 0) is 17.1 Å². The van der Waals surface area contributed by atoms with Crippen molar-refractivity contribution in [1.29, 1.82) is 0 Å². The Kier molecular flexibility index (Phi) is 4.79. The molecule has 0 spiro atoms. The zero-order valence-corrected chi connectivity index (χ0v) is 14.6. The topological polar surface area (TPSA) is 86.1 Å². The Balaban J connectivity index is 1.75. The van der Waals surface area contributed by atoms with Crippen molar-refractivity contribution in [3.63, 3.8) is 0 Å². The third-order valence-electron chi connectivity index (χ3n) is 3.49. The van der Waals surface area contributed by atoms with E-state index < -0.39 is 15.5 Å². The van der Waals surface area contributed by atoms with Crippen LogP contribution in [0.25, 0.3) is 11.4 Å². The minimum absolute atomic E-state index is 0.164. The van der Waals surface area contributed by atoms with Crippen molar-refractivity contribution in [2.75, 3.05) is 4.72 Å². The largest absolute Gasteiger partial charge is 0.516 e. The van der Waals surface area contributed by atoms with Crippen molar-refractivity contribution in [3.05, 3.63) is 54.6 Å². The Bertz CT molecular complexity index is 1030. The number of aromatic nitrogens is 3. The SMILES string of the molecule is Cn1c(Oc2ccc(NS(=O)(=O)C(F)(F)F)cc2)nnc1-c1ccccc1. The van der Waals surface area contributed by atoms with E-state index in [0.717, 1.165) is 17.7 Å². The average molecular weight is 398 g/mol. The van der Waals surface area contributed by atoms with Crippen LogP contribution in [0.2, 0.25) is 0 Å². The van der Waals surface area contributed by atoms with Gasteiger partial charge < -0.3 is 4.74 Å². The molecule has 0 aliphatic heterocycles. The molecule has 0 aliphatic rings. The first-order valence-corrected chi connectivity index (χ1v) is 8.97. The highest BCUT2D eigenvalue weighted by Crippen LogP contribution is 2.28. The average Bonchev–Trinajstić information content (AvgIpc) is 2.97. The molecule has 2 aromatic carbocycles. The second kappa shape index (κ2) is 6.91. The summed E-state index contributed by atoms with van der Waals surface area (Å²) in [7, 11) is -3.78. The number of anilines is 1. The van der Waals surface area contributed by atoms with E-state index in [-0.39, 0.29) is 17.4 Å². The maximum atomic E-state index is 12.4. The maximum Gasteiger partial charge on any atom is 0.516 e. The van der Waals surface area contributed by atoms with Gasteiger partial charge in [-0.3, -0.25) is 9.29 Å². The number of ether oxygens (including phenoxy) is 1. The lowest BCUT2D eigenvalue weighted by Gasteiger charge is -2.11. The van der Waals surface area contributed by atoms with Gasteiger partial charge >= 0.3 is 21.5 Å². The van der Waals surface area contributed by atoms with Crippen molar-refractivity contribution in [3.8, 4) is 23.1 Å². The Morgan fingerprint density at radius 3 is 2.22 bits per heavy atom. The van der Waals surface area contributed by atoms with Crippen LogP contribution in [0, 0.1) is 0 Å². The minimum Gasteiger partial charge on any atom is -0.424 e. The van der Waals surface area contributed by atoms with Crippen molar-refractivity contribution in [1.82, 2.24) is 14.8 Å². The number of rotatable bonds is 5. The zero-order valence-electron chi connectivity index (χ0n) is 13.8. The van der Waals surface area contributed by atoms with Gasteiger partial charge in [0.2, 0.25) is 0 Å². The van der Waals surface area contributed by atoms with Crippen LogP contribution < -0.4 is 9.46 Å². The Morgan fingerprint density at radius 2 is 1.63 bits per heavy atom. The Labute approximate surface area is 152 Å². The molecule has 0 unspecified atom stereocenters. The van der Waals surface area contributed by atoms with Crippen LogP contribution in [0.15, 0.2) is 54.6 Å². The molecule has 142 valence electrons. The van der Waals surface area contributed by atoms with E-state index in [1.165, 1.54) is 16.9 Å². The van der Waals surface area contributed by atoms with E-state index in [0.29, 0.717) is 5.82 Å². The summed E-state index contributed by atoms with van der Waals surface area (Å²) < 4.78 is 67.9. The minimum atomic E-state index is -5.47. The Morgan fingerprint density at radius 1 is 1.00 bits per heavy atom. The smallest absolute Gasteiger partial charge is 0.424 e. The molecule has 0 atom stereocenters. The third-order valence-corrected chi connectivity index (χ3v) is 4.60. The van der Waals surface area contributed by atoms with Crippen LogP contribution >= 0.6 is 0 Å². The number of nitrogens with zero attached hydrogens (tertiary/aromatic N) is 3. The van der Waals surface area contributed by atoms with Crippen LogP contribution in [0.3, 0.4) is 0 Å². The molecule has 0 saturated heterocycles. The zero-order chi connectivity index (χ0) is 19.7. The van der Waals surface area contributed by atoms with Gasteiger partial charge in [-0.1, -0.05) is 35.4 Å². The molecule has 0 bridgehead atoms. The van der Waals surface area contributed by atoms with Gasteiger partial charge in [-0.2, -0.15) is 21.6 Å². The van der Waals surface area contributed by atoms with E-state index in [1.807, 2.05) is 30.3 Å². The lowest BCUT2D eigenvalue weighted by molar-refractivity contribution is -0.0429. The second-order valence-corrected chi connectivity index (χ2v) is 7.08. The highest BCUT2D eigenvalue weighted by molar-refractivity contribution is 7.93. The number of hydrogen-bond donors (Lipinski definition) is 1. The number of hydrogen-bond acceptors (Lipinski definition) is 5. The monoisotopic (exact) mass is 398 g/mol. The van der Waals surface area contributed by atoms with E-state index in [1.54, 1.807) is 11.6 Å². The molecular formula is C16H13F3N4O3S. The molecule has 1 aromatic heterocycles. The number of nitrogens with one attached hydrogen (secondary N) is 1. The van der Waals surface area contributed by atoms with Crippen LogP contribution in [0.1, 0.15) is 0 Å². The van der Waals surface area contributed by atoms with Gasteiger partial charge in [0.05, 0.1) is 0 Å². The van der Waals surface area contributed by atoms with E-state index >= 15 is 0 Å². The van der Waals surface area contributed by atoms with E-state index in [4.69, 9.17) is 4.74 Å². The fourth-order valence-corrected chi connectivity index (χ4v) is 2.71. The molecule has 0 fully saturated rings. The van der Waals surface area contributed by atoms with Crippen LogP contribution in [0.4, 0.5) is 18.9 Å². The van der Waals surface area contributed by atoms with Gasteiger partial charge in [0.15, 0.2) is 5.82 Å². The molecule has 0 radical (unpaired) electrons. The number of halogens is 3. The van der Waals surface area contributed by atoms with Crippen molar-refractivity contribution in [2.24, 2.45) is 7.05 Å². The third kappa shape index (κ3) is 4.03. The summed E-state index contributed by atoms with van der Waals surface area (Å²) in [5.41, 5.74) is -4.81. The molecule has 1 N–H and O–H groups in total. The predicted octanol–water partition coefficient (Wildman–Crippen LogP) is 3.54. The molecular weight excluding hydrogens is 385 g/mol. The summed E-state index contributed by atoms with van der Waals surface area (Å²) in [6, 6.07) is 14.4. The molecule has 7 nitrogen and oxygen atoms in total. The first-order chi connectivity index (χ1) is 12.7. The molecule has 3 aromatic rings. The number of benzene rings is 2. The molecule has 0 saturated carbocycles. The summed E-state index contributed by atoms with van der Waals surface area (Å²) in [4.78, 5) is 0. The van der Waals surface area contributed by atoms with Gasteiger partial charge in [0.1, 0.15) is 5.75 Å². The lowest BCUT2D eigenvalue weighted by atomic mass is 10.2. The molecule has 0 aliphatic carbocycles. The highest BCUT2D eigenvalue weighted by Gasteiger charge is 2.46. The fourth-order valence-electron chi connectivity index (χ4n) is 2.15. The van der Waals surface area contributed by atoms with Crippen molar-refractivity contribution in [2.45, 2.75) is 5.51 Å². The normalized spacial score (nSPS) is 12.0. The molecule has 3 rings (SSSR count). The van der Waals surface area contributed by atoms with Gasteiger partial charge in [0.25, 0.3) is 0 Å². The molecule has 27 heavy (non-hydrogen) atoms. The van der Waals surface area contributed by atoms with E-state index in [9.17, 15) is 21.6 Å². The summed E-state index contributed by atoms with van der Waals surface area (Å²) in [5, 5.41) is 7.98. The fraction of sp³-hybridized carbons (Fsp3) is 0.125. The predicted molar refractivity (Wildman–Crippen MR) is 91.6 cm³/mol. The first kappa shape index (κ1) is 18.7.